The third-order valence-corrected chi connectivity index (χ3v) is 1.88. The van der Waals surface area contributed by atoms with E-state index in [1.807, 2.05) is 18.2 Å². The van der Waals surface area contributed by atoms with Crippen LogP contribution in [0.15, 0.2) is 36.4 Å². The van der Waals surface area contributed by atoms with Crippen LogP contribution in [0.25, 0.3) is 6.08 Å². The molecule has 13 heavy (non-hydrogen) atoms. The highest BCUT2D eigenvalue weighted by molar-refractivity contribution is 5.48. The maximum atomic E-state index is 10.1. The van der Waals surface area contributed by atoms with Crippen molar-refractivity contribution >= 4 is 6.08 Å². The first kappa shape index (κ1) is 10.0. The summed E-state index contributed by atoms with van der Waals surface area (Å²) in [7, 11) is 0. The Morgan fingerprint density at radius 2 is 1.85 bits per heavy atom. The number of benzene rings is 1. The number of rotatable bonds is 5. The van der Waals surface area contributed by atoms with E-state index in [-0.39, 0.29) is 6.61 Å². The van der Waals surface area contributed by atoms with E-state index in [9.17, 15) is 5.11 Å². The second-order valence-electron chi connectivity index (χ2n) is 3.01. The second-order valence-corrected chi connectivity index (χ2v) is 3.01. The minimum Gasteiger partial charge on any atom is -0.237 e. The van der Waals surface area contributed by atoms with Gasteiger partial charge in [0.05, 0.1) is 6.61 Å². The van der Waals surface area contributed by atoms with Crippen LogP contribution in [-0.2, 0) is 5.11 Å². The molecule has 0 spiro atoms. The molecule has 0 heterocycles. The Hall–Kier alpha value is -1.08. The fourth-order valence-corrected chi connectivity index (χ4v) is 1.15. The molecular formula is C12H15O. The van der Waals surface area contributed by atoms with Gasteiger partial charge >= 0.3 is 0 Å². The molecule has 0 aromatic heterocycles. The third kappa shape index (κ3) is 4.48. The first-order chi connectivity index (χ1) is 6.43. The van der Waals surface area contributed by atoms with Crippen LogP contribution in [0.2, 0.25) is 0 Å². The predicted molar refractivity (Wildman–Crippen MR) is 54.9 cm³/mol. The van der Waals surface area contributed by atoms with Gasteiger partial charge in [0.25, 0.3) is 0 Å². The van der Waals surface area contributed by atoms with E-state index in [1.54, 1.807) is 0 Å². The molecule has 0 aliphatic heterocycles. The zero-order valence-corrected chi connectivity index (χ0v) is 7.78. The molecule has 1 radical (unpaired) electrons. The quantitative estimate of drug-likeness (QED) is 0.612. The minimum atomic E-state index is 0.0547. The molecule has 1 rings (SSSR count). The Balaban J connectivity index is 2.25. The summed E-state index contributed by atoms with van der Waals surface area (Å²) in [6, 6.07) is 10.2. The van der Waals surface area contributed by atoms with Gasteiger partial charge in [-0.15, -0.1) is 0 Å². The van der Waals surface area contributed by atoms with E-state index >= 15 is 0 Å². The zero-order valence-electron chi connectivity index (χ0n) is 7.78. The summed E-state index contributed by atoms with van der Waals surface area (Å²) in [5, 5.41) is 10.1. The van der Waals surface area contributed by atoms with Crippen LogP contribution in [0.1, 0.15) is 24.8 Å². The topological polar surface area (TPSA) is 19.9 Å². The van der Waals surface area contributed by atoms with Crippen molar-refractivity contribution in [3.63, 3.8) is 0 Å². The largest absolute Gasteiger partial charge is 0.237 e. The fraction of sp³-hybridized carbons (Fsp3) is 0.333. The molecule has 1 aromatic rings. The number of unbranched alkanes of at least 4 members (excludes halogenated alkanes) is 2. The van der Waals surface area contributed by atoms with Crippen LogP contribution in [0.4, 0.5) is 0 Å². The molecule has 0 aliphatic carbocycles. The lowest BCUT2D eigenvalue weighted by atomic mass is 10.2. The van der Waals surface area contributed by atoms with Crippen LogP contribution in [0.3, 0.4) is 0 Å². The van der Waals surface area contributed by atoms with Crippen molar-refractivity contribution < 1.29 is 5.11 Å². The Kier molecular flexibility index (Phi) is 4.95. The minimum absolute atomic E-state index is 0.0547. The van der Waals surface area contributed by atoms with E-state index in [0.29, 0.717) is 0 Å². The van der Waals surface area contributed by atoms with Crippen molar-refractivity contribution in [1.29, 1.82) is 0 Å². The van der Waals surface area contributed by atoms with Gasteiger partial charge in [-0.25, -0.2) is 5.11 Å². The van der Waals surface area contributed by atoms with Gasteiger partial charge in [0, 0.05) is 0 Å². The van der Waals surface area contributed by atoms with E-state index in [0.717, 1.165) is 19.3 Å². The standard InChI is InChI=1S/C12H15O/c13-11-7-2-1-4-8-12-9-5-3-6-10-12/h3-6,8-10H,1-2,7,11H2. The molecule has 0 saturated heterocycles. The summed E-state index contributed by atoms with van der Waals surface area (Å²) in [5.74, 6) is 0. The zero-order chi connectivity index (χ0) is 9.36. The van der Waals surface area contributed by atoms with Crippen LogP contribution < -0.4 is 0 Å². The Morgan fingerprint density at radius 3 is 2.54 bits per heavy atom. The molecule has 0 fully saturated rings. The molecule has 1 nitrogen and oxygen atoms in total. The Labute approximate surface area is 79.7 Å². The van der Waals surface area contributed by atoms with Crippen molar-refractivity contribution in [2.75, 3.05) is 6.61 Å². The summed E-state index contributed by atoms with van der Waals surface area (Å²) in [5.41, 5.74) is 1.23. The predicted octanol–water partition coefficient (Wildman–Crippen LogP) is 3.30. The maximum absolute atomic E-state index is 10.1. The highest BCUT2D eigenvalue weighted by Crippen LogP contribution is 2.03. The molecule has 0 unspecified atom stereocenters. The highest BCUT2D eigenvalue weighted by atomic mass is 16.2. The molecule has 0 N–H and O–H groups in total. The lowest BCUT2D eigenvalue weighted by Crippen LogP contribution is -1.78. The summed E-state index contributed by atoms with van der Waals surface area (Å²) in [6.45, 7) is 0.0547. The van der Waals surface area contributed by atoms with E-state index in [2.05, 4.69) is 24.3 Å². The third-order valence-electron chi connectivity index (χ3n) is 1.88. The average molecular weight is 175 g/mol. The summed E-state index contributed by atoms with van der Waals surface area (Å²) >= 11 is 0. The van der Waals surface area contributed by atoms with Gasteiger partial charge < -0.3 is 0 Å². The first-order valence-electron chi connectivity index (χ1n) is 4.73. The van der Waals surface area contributed by atoms with Crippen LogP contribution in [-0.4, -0.2) is 6.61 Å². The average Bonchev–Trinajstić information content (AvgIpc) is 2.19. The summed E-state index contributed by atoms with van der Waals surface area (Å²) in [4.78, 5) is 0. The SMILES string of the molecule is [O]CCCCC=Cc1ccccc1. The van der Waals surface area contributed by atoms with E-state index in [4.69, 9.17) is 0 Å². The van der Waals surface area contributed by atoms with Crippen molar-refractivity contribution in [2.45, 2.75) is 19.3 Å². The van der Waals surface area contributed by atoms with Crippen molar-refractivity contribution in [3.05, 3.63) is 42.0 Å². The second kappa shape index (κ2) is 6.44. The number of hydrogen-bond donors (Lipinski definition) is 0. The van der Waals surface area contributed by atoms with Gasteiger partial charge in [0.15, 0.2) is 0 Å². The first-order valence-corrected chi connectivity index (χ1v) is 4.73. The van der Waals surface area contributed by atoms with Gasteiger partial charge in [-0.3, -0.25) is 0 Å². The Morgan fingerprint density at radius 1 is 1.08 bits per heavy atom. The van der Waals surface area contributed by atoms with Crippen molar-refractivity contribution in [3.8, 4) is 0 Å². The van der Waals surface area contributed by atoms with Crippen molar-refractivity contribution in [2.24, 2.45) is 0 Å². The molecule has 0 saturated carbocycles. The number of allylic oxidation sites excluding steroid dienone is 1. The molecular weight excluding hydrogens is 160 g/mol. The van der Waals surface area contributed by atoms with E-state index in [1.165, 1.54) is 5.56 Å². The number of hydrogen-bond acceptors (Lipinski definition) is 0. The molecule has 1 aromatic carbocycles. The normalized spacial score (nSPS) is 10.8. The van der Waals surface area contributed by atoms with Crippen LogP contribution in [0.5, 0.6) is 0 Å². The van der Waals surface area contributed by atoms with Gasteiger partial charge in [-0.05, 0) is 24.8 Å². The molecule has 0 atom stereocenters. The van der Waals surface area contributed by atoms with E-state index < -0.39 is 0 Å². The van der Waals surface area contributed by atoms with Crippen LogP contribution in [0, 0.1) is 0 Å². The smallest absolute Gasteiger partial charge is 0.0822 e. The van der Waals surface area contributed by atoms with Gasteiger partial charge in [0.2, 0.25) is 0 Å². The molecule has 1 heteroatoms. The molecule has 0 bridgehead atoms. The summed E-state index contributed by atoms with van der Waals surface area (Å²) in [6.07, 6.45) is 7.04. The molecule has 69 valence electrons. The van der Waals surface area contributed by atoms with Crippen LogP contribution >= 0.6 is 0 Å². The fourth-order valence-electron chi connectivity index (χ4n) is 1.15. The summed E-state index contributed by atoms with van der Waals surface area (Å²) < 4.78 is 0. The maximum Gasteiger partial charge on any atom is 0.0822 e. The van der Waals surface area contributed by atoms with Gasteiger partial charge in [-0.2, -0.15) is 0 Å². The lowest BCUT2D eigenvalue weighted by Gasteiger charge is -1.92. The lowest BCUT2D eigenvalue weighted by molar-refractivity contribution is 0.187. The molecule has 0 amide bonds. The molecule has 0 aliphatic rings. The highest BCUT2D eigenvalue weighted by Gasteiger charge is 1.84. The van der Waals surface area contributed by atoms with Gasteiger partial charge in [0.1, 0.15) is 0 Å². The Bertz CT molecular complexity index is 239. The monoisotopic (exact) mass is 175 g/mol. The van der Waals surface area contributed by atoms with Crippen molar-refractivity contribution in [1.82, 2.24) is 0 Å². The van der Waals surface area contributed by atoms with Gasteiger partial charge in [-0.1, -0.05) is 42.5 Å².